The molecule has 0 radical (unpaired) electrons. The number of aromatic nitrogens is 2. The smallest absolute Gasteiger partial charge is 0.209 e. The lowest BCUT2D eigenvalue weighted by Gasteiger charge is -2.31. The summed E-state index contributed by atoms with van der Waals surface area (Å²) in [7, 11) is 0. The minimum atomic E-state index is 0.0430. The summed E-state index contributed by atoms with van der Waals surface area (Å²) in [5.41, 5.74) is 12.5. The van der Waals surface area contributed by atoms with Crippen LogP contribution in [-0.2, 0) is 4.79 Å². The highest BCUT2D eigenvalue weighted by atomic mass is 16.5. The maximum absolute atomic E-state index is 11.1. The number of hydrogen-bond acceptors (Lipinski definition) is 8. The van der Waals surface area contributed by atoms with Crippen molar-refractivity contribution in [1.82, 2.24) is 14.9 Å². The van der Waals surface area contributed by atoms with E-state index in [9.17, 15) is 4.79 Å². The Morgan fingerprint density at radius 3 is 2.51 bits per heavy atom. The van der Waals surface area contributed by atoms with Crippen LogP contribution in [0, 0.1) is 5.41 Å². The molecule has 4 rings (SSSR count). The van der Waals surface area contributed by atoms with Gasteiger partial charge in [-0.1, -0.05) is 25.1 Å². The molecule has 0 spiro atoms. The number of nitrogens with one attached hydrogen (secondary N) is 2. The second kappa shape index (κ2) is 13.0. The van der Waals surface area contributed by atoms with Gasteiger partial charge in [0, 0.05) is 24.7 Å². The Labute approximate surface area is 206 Å². The normalized spacial score (nSPS) is 14.9. The minimum absolute atomic E-state index is 0.0430. The molecule has 0 saturated carbocycles. The number of hydrogen-bond donors (Lipinski definition) is 4. The summed E-state index contributed by atoms with van der Waals surface area (Å²) in [4.78, 5) is 21.3. The van der Waals surface area contributed by atoms with Crippen LogP contribution in [0.2, 0.25) is 0 Å². The highest BCUT2D eigenvalue weighted by Gasteiger charge is 2.22. The molecule has 35 heavy (non-hydrogen) atoms. The van der Waals surface area contributed by atoms with Crippen molar-refractivity contribution in [3.63, 3.8) is 0 Å². The molecule has 184 valence electrons. The van der Waals surface area contributed by atoms with Crippen LogP contribution in [0.15, 0.2) is 60.9 Å². The summed E-state index contributed by atoms with van der Waals surface area (Å²) >= 11 is 0. The summed E-state index contributed by atoms with van der Waals surface area (Å²) in [5.74, 6) is 2.15. The molecule has 1 unspecified atom stereocenters. The van der Waals surface area contributed by atoms with Crippen LogP contribution in [0.3, 0.4) is 0 Å². The molecular weight excluding hydrogens is 442 g/mol. The molecule has 1 aliphatic rings. The highest BCUT2D eigenvalue weighted by molar-refractivity contribution is 6.16. The zero-order valence-electron chi connectivity index (χ0n) is 20.0. The number of nitrogens with zero attached hydrogens (tertiary/aromatic N) is 3. The van der Waals surface area contributed by atoms with Crippen LogP contribution in [-0.4, -0.2) is 52.7 Å². The second-order valence-corrected chi connectivity index (χ2v) is 8.17. The molecule has 1 aromatic heterocycles. The number of ether oxygens (including phenoxy) is 1. The molecule has 1 atom stereocenters. The van der Waals surface area contributed by atoms with E-state index in [4.69, 9.17) is 21.6 Å². The van der Waals surface area contributed by atoms with Gasteiger partial charge in [0.1, 0.15) is 29.5 Å². The fraction of sp³-hybridized carbons (Fsp3) is 0.308. The topological polar surface area (TPSA) is 143 Å². The molecule has 9 heteroatoms. The van der Waals surface area contributed by atoms with E-state index in [-0.39, 0.29) is 17.6 Å². The Bertz CT molecular complexity index is 1090. The van der Waals surface area contributed by atoms with E-state index in [2.05, 4.69) is 22.2 Å². The maximum atomic E-state index is 11.1. The standard InChI is InChI=1S/C23H24N6O2.C3H9N/c24-21(16-8-10-19(11-9-16)31-18-6-2-1-3-7-18)20-22(25)26-14-27-23(20)28-17-5-4-12-29(13-17)15-30;1-2-3-4/h1-3,6-11,14-15,17,24H,4-5,12-13H2,(H3,25,26,27,28);2-4H2,1H3. The van der Waals surface area contributed by atoms with Crippen LogP contribution >= 0.6 is 0 Å². The van der Waals surface area contributed by atoms with Crippen molar-refractivity contribution in [3.8, 4) is 11.5 Å². The van der Waals surface area contributed by atoms with Gasteiger partial charge in [0.2, 0.25) is 6.41 Å². The molecule has 0 aliphatic carbocycles. The fourth-order valence-electron chi connectivity index (χ4n) is 3.63. The lowest BCUT2D eigenvalue weighted by atomic mass is 10.0. The van der Waals surface area contributed by atoms with E-state index < -0.39 is 0 Å². The molecule has 9 nitrogen and oxygen atoms in total. The molecule has 2 heterocycles. The molecule has 2 aromatic carbocycles. The number of amides is 1. The number of anilines is 2. The zero-order valence-corrected chi connectivity index (χ0v) is 20.0. The first-order valence-corrected chi connectivity index (χ1v) is 11.7. The molecule has 1 fully saturated rings. The van der Waals surface area contributed by atoms with Gasteiger partial charge in [-0.3, -0.25) is 10.2 Å². The summed E-state index contributed by atoms with van der Waals surface area (Å²) in [6.45, 7) is 4.22. The second-order valence-electron chi connectivity index (χ2n) is 8.17. The summed E-state index contributed by atoms with van der Waals surface area (Å²) in [5, 5.41) is 12.1. The van der Waals surface area contributed by atoms with Gasteiger partial charge in [0.15, 0.2) is 0 Å². The molecule has 1 aliphatic heterocycles. The minimum Gasteiger partial charge on any atom is -0.457 e. The number of carbonyl (C=O) groups excluding carboxylic acids is 1. The Balaban J connectivity index is 0.000000795. The van der Waals surface area contributed by atoms with Crippen LogP contribution in [0.1, 0.15) is 37.3 Å². The number of nitrogens with two attached hydrogens (primary N) is 2. The van der Waals surface area contributed by atoms with E-state index >= 15 is 0 Å². The molecular formula is C26H33N7O2. The number of benzene rings is 2. The monoisotopic (exact) mass is 475 g/mol. The molecule has 1 amide bonds. The third-order valence-electron chi connectivity index (χ3n) is 5.48. The van der Waals surface area contributed by atoms with Crippen LogP contribution in [0.5, 0.6) is 11.5 Å². The van der Waals surface area contributed by atoms with E-state index in [1.807, 2.05) is 54.6 Å². The van der Waals surface area contributed by atoms with Gasteiger partial charge in [0.25, 0.3) is 0 Å². The first kappa shape index (κ1) is 25.6. The van der Waals surface area contributed by atoms with Crippen molar-refractivity contribution < 1.29 is 9.53 Å². The summed E-state index contributed by atoms with van der Waals surface area (Å²) < 4.78 is 5.82. The summed E-state index contributed by atoms with van der Waals surface area (Å²) in [6, 6.07) is 16.8. The first-order chi connectivity index (χ1) is 17.0. The highest BCUT2D eigenvalue weighted by Crippen LogP contribution is 2.26. The van der Waals surface area contributed by atoms with Crippen molar-refractivity contribution in [1.29, 1.82) is 5.41 Å². The Hall–Kier alpha value is -3.98. The Kier molecular flexibility index (Phi) is 9.56. The number of nitrogen functional groups attached to an aromatic ring is 1. The maximum Gasteiger partial charge on any atom is 0.209 e. The van der Waals surface area contributed by atoms with E-state index in [0.29, 0.717) is 29.2 Å². The number of rotatable bonds is 8. The fourth-order valence-corrected chi connectivity index (χ4v) is 3.63. The van der Waals surface area contributed by atoms with Gasteiger partial charge in [-0.2, -0.15) is 0 Å². The quantitative estimate of drug-likeness (QED) is 0.287. The Morgan fingerprint density at radius 2 is 1.86 bits per heavy atom. The van der Waals surface area contributed by atoms with Crippen LogP contribution in [0.25, 0.3) is 0 Å². The van der Waals surface area contributed by atoms with E-state index in [1.165, 1.54) is 6.33 Å². The van der Waals surface area contributed by atoms with Crippen LogP contribution in [0.4, 0.5) is 11.6 Å². The lowest BCUT2D eigenvalue weighted by molar-refractivity contribution is -0.119. The number of carbonyl (C=O) groups is 1. The summed E-state index contributed by atoms with van der Waals surface area (Å²) in [6.07, 6.45) is 5.16. The molecule has 0 bridgehead atoms. The van der Waals surface area contributed by atoms with Crippen LogP contribution < -0.4 is 21.5 Å². The van der Waals surface area contributed by atoms with Crippen molar-refractivity contribution in [2.24, 2.45) is 5.73 Å². The predicted octanol–water partition coefficient (Wildman–Crippen LogP) is 3.66. The van der Waals surface area contributed by atoms with Crippen molar-refractivity contribution in [3.05, 3.63) is 72.1 Å². The van der Waals surface area contributed by atoms with Gasteiger partial charge in [-0.25, -0.2) is 9.97 Å². The average molecular weight is 476 g/mol. The third kappa shape index (κ3) is 7.25. The van der Waals surface area contributed by atoms with E-state index in [0.717, 1.165) is 44.5 Å². The zero-order chi connectivity index (χ0) is 25.0. The van der Waals surface area contributed by atoms with Gasteiger partial charge in [-0.05, 0) is 62.2 Å². The lowest BCUT2D eigenvalue weighted by Crippen LogP contribution is -2.41. The molecule has 3 aromatic rings. The van der Waals surface area contributed by atoms with Crippen molar-refractivity contribution in [2.75, 3.05) is 30.7 Å². The van der Waals surface area contributed by atoms with Gasteiger partial charge >= 0.3 is 0 Å². The number of likely N-dealkylation sites (tertiary alicyclic amines) is 1. The number of piperidine rings is 1. The number of para-hydroxylation sites is 1. The molecule has 1 saturated heterocycles. The van der Waals surface area contributed by atoms with Gasteiger partial charge < -0.3 is 26.4 Å². The third-order valence-corrected chi connectivity index (χ3v) is 5.48. The Morgan fingerprint density at radius 1 is 1.17 bits per heavy atom. The van der Waals surface area contributed by atoms with Crippen molar-refractivity contribution >= 4 is 23.8 Å². The van der Waals surface area contributed by atoms with Gasteiger partial charge in [-0.15, -0.1) is 0 Å². The largest absolute Gasteiger partial charge is 0.457 e. The molecule has 6 N–H and O–H groups in total. The van der Waals surface area contributed by atoms with Gasteiger partial charge in [0.05, 0.1) is 11.3 Å². The van der Waals surface area contributed by atoms with E-state index in [1.54, 1.807) is 4.90 Å². The predicted molar refractivity (Wildman–Crippen MR) is 139 cm³/mol. The average Bonchev–Trinajstić information content (AvgIpc) is 2.90. The SMILES string of the molecule is CCCN.N=C(c1ccc(Oc2ccccc2)cc1)c1c(N)ncnc1NC1CCCN(C=O)C1. The van der Waals surface area contributed by atoms with Crippen molar-refractivity contribution in [2.45, 2.75) is 32.2 Å². The first-order valence-electron chi connectivity index (χ1n) is 11.7.